The number of aryl methyl sites for hydroxylation is 2. The minimum Gasteiger partial charge on any atom is -0.266 e. The van der Waals surface area contributed by atoms with Crippen molar-refractivity contribution >= 4 is 38.6 Å². The molecule has 0 spiro atoms. The predicted octanol–water partition coefficient (Wildman–Crippen LogP) is 3.63. The number of thiazole rings is 1. The molecule has 0 aliphatic rings. The predicted molar refractivity (Wildman–Crippen MR) is 83.2 cm³/mol. The zero-order valence-electron chi connectivity index (χ0n) is 11.4. The van der Waals surface area contributed by atoms with Gasteiger partial charge in [-0.1, -0.05) is 35.1 Å². The minimum atomic E-state index is -3.63. The van der Waals surface area contributed by atoms with Gasteiger partial charge in [0.1, 0.15) is 0 Å². The maximum Gasteiger partial charge on any atom is 0.275 e. The summed E-state index contributed by atoms with van der Waals surface area (Å²) in [6.07, 6.45) is 0. The Morgan fingerprint density at radius 2 is 2.05 bits per heavy atom. The maximum absolute atomic E-state index is 12.7. The lowest BCUT2D eigenvalue weighted by Crippen LogP contribution is -2.30. The fraction of sp³-hybridized carbons (Fsp3) is 0.308. The summed E-state index contributed by atoms with van der Waals surface area (Å²) >= 11 is 6.80. The summed E-state index contributed by atoms with van der Waals surface area (Å²) in [5.74, 6) is 0. The van der Waals surface area contributed by atoms with Gasteiger partial charge in [-0.25, -0.2) is 13.4 Å². The Kier molecular flexibility index (Phi) is 4.36. The molecule has 0 saturated carbocycles. The molecule has 2 rings (SSSR count). The van der Waals surface area contributed by atoms with E-state index in [1.165, 1.54) is 4.31 Å². The Labute approximate surface area is 128 Å². The van der Waals surface area contributed by atoms with Gasteiger partial charge in [0.2, 0.25) is 0 Å². The molecule has 0 fully saturated rings. The summed E-state index contributed by atoms with van der Waals surface area (Å²) in [6.45, 7) is 5.73. The van der Waals surface area contributed by atoms with E-state index in [0.29, 0.717) is 17.9 Å². The molecule has 0 saturated heterocycles. The van der Waals surface area contributed by atoms with Crippen LogP contribution in [0.4, 0.5) is 5.69 Å². The second kappa shape index (κ2) is 5.71. The van der Waals surface area contributed by atoms with Crippen molar-refractivity contribution < 1.29 is 8.42 Å². The van der Waals surface area contributed by atoms with Gasteiger partial charge in [0.05, 0.1) is 11.4 Å². The molecule has 0 bridgehead atoms. The average molecular weight is 331 g/mol. The van der Waals surface area contributed by atoms with Crippen LogP contribution in [0.1, 0.15) is 18.2 Å². The van der Waals surface area contributed by atoms with E-state index in [0.717, 1.165) is 16.9 Å². The van der Waals surface area contributed by atoms with Gasteiger partial charge < -0.3 is 0 Å². The van der Waals surface area contributed by atoms with E-state index in [4.69, 9.17) is 11.6 Å². The van der Waals surface area contributed by atoms with E-state index in [-0.39, 0.29) is 8.68 Å². The Balaban J connectivity index is 2.53. The van der Waals surface area contributed by atoms with E-state index in [9.17, 15) is 8.42 Å². The molecule has 2 aromatic rings. The number of sulfonamides is 1. The number of rotatable bonds is 4. The standard InChI is InChI=1S/C13H15ClN2O2S2/c1-4-16(11-7-5-6-9(2)8-11)20(17,18)12-10(3)15-13(14)19-12/h5-8H,4H2,1-3H3. The van der Waals surface area contributed by atoms with E-state index < -0.39 is 10.0 Å². The lowest BCUT2D eigenvalue weighted by atomic mass is 10.2. The lowest BCUT2D eigenvalue weighted by Gasteiger charge is -2.22. The third-order valence-corrected chi connectivity index (χ3v) is 6.58. The van der Waals surface area contributed by atoms with Crippen LogP contribution < -0.4 is 4.31 Å². The smallest absolute Gasteiger partial charge is 0.266 e. The SMILES string of the molecule is CCN(c1cccc(C)c1)S(=O)(=O)c1sc(Cl)nc1C. The number of benzene rings is 1. The Hall–Kier alpha value is -1.11. The first-order chi connectivity index (χ1) is 9.36. The Morgan fingerprint density at radius 3 is 2.55 bits per heavy atom. The number of hydrogen-bond acceptors (Lipinski definition) is 4. The van der Waals surface area contributed by atoms with Crippen molar-refractivity contribution in [2.75, 3.05) is 10.8 Å². The molecule has 1 aromatic heterocycles. The van der Waals surface area contributed by atoms with Gasteiger partial charge in [0.25, 0.3) is 10.0 Å². The molecule has 4 nitrogen and oxygen atoms in total. The first kappa shape index (κ1) is 15.3. The summed E-state index contributed by atoms with van der Waals surface area (Å²) in [6, 6.07) is 7.40. The molecule has 7 heteroatoms. The van der Waals surface area contributed by atoms with Crippen molar-refractivity contribution in [1.82, 2.24) is 4.98 Å². The molecule has 108 valence electrons. The highest BCUT2D eigenvalue weighted by Gasteiger charge is 2.28. The largest absolute Gasteiger partial charge is 0.275 e. The number of hydrogen-bond donors (Lipinski definition) is 0. The normalized spacial score (nSPS) is 11.6. The third-order valence-electron chi connectivity index (χ3n) is 2.83. The number of halogens is 1. The van der Waals surface area contributed by atoms with Crippen molar-refractivity contribution in [2.45, 2.75) is 25.0 Å². The molecular weight excluding hydrogens is 316 g/mol. The third kappa shape index (κ3) is 2.82. The highest BCUT2D eigenvalue weighted by atomic mass is 35.5. The molecule has 1 aromatic carbocycles. The summed E-state index contributed by atoms with van der Waals surface area (Å²) < 4.78 is 27.3. The molecule has 0 aliphatic heterocycles. The van der Waals surface area contributed by atoms with Crippen molar-refractivity contribution in [2.24, 2.45) is 0 Å². The van der Waals surface area contributed by atoms with Crippen molar-refractivity contribution in [1.29, 1.82) is 0 Å². The van der Waals surface area contributed by atoms with E-state index in [2.05, 4.69) is 4.98 Å². The Morgan fingerprint density at radius 1 is 1.35 bits per heavy atom. The summed E-state index contributed by atoms with van der Waals surface area (Å²) in [5, 5.41) is 0. The van der Waals surface area contributed by atoms with Crippen molar-refractivity contribution in [3.63, 3.8) is 0 Å². The molecule has 0 radical (unpaired) electrons. The zero-order chi connectivity index (χ0) is 14.9. The fourth-order valence-electron chi connectivity index (χ4n) is 1.96. The molecule has 1 heterocycles. The molecule has 0 atom stereocenters. The minimum absolute atomic E-state index is 0.200. The highest BCUT2D eigenvalue weighted by Crippen LogP contribution is 2.32. The fourth-order valence-corrected chi connectivity index (χ4v) is 5.27. The van der Waals surface area contributed by atoms with Crippen LogP contribution in [-0.2, 0) is 10.0 Å². The second-order valence-electron chi connectivity index (χ2n) is 4.35. The Bertz CT molecular complexity index is 726. The summed E-state index contributed by atoms with van der Waals surface area (Å²) in [5.41, 5.74) is 2.10. The monoisotopic (exact) mass is 330 g/mol. The summed E-state index contributed by atoms with van der Waals surface area (Å²) in [4.78, 5) is 3.98. The first-order valence-electron chi connectivity index (χ1n) is 6.08. The van der Waals surface area contributed by atoms with Crippen LogP contribution in [0.5, 0.6) is 0 Å². The molecule has 0 aliphatic carbocycles. The number of aromatic nitrogens is 1. The van der Waals surface area contributed by atoms with E-state index >= 15 is 0 Å². The van der Waals surface area contributed by atoms with Crippen LogP contribution in [0, 0.1) is 13.8 Å². The van der Waals surface area contributed by atoms with Crippen LogP contribution >= 0.6 is 22.9 Å². The van der Waals surface area contributed by atoms with Crippen LogP contribution in [0.2, 0.25) is 4.47 Å². The maximum atomic E-state index is 12.7. The van der Waals surface area contributed by atoms with Crippen LogP contribution in [-0.4, -0.2) is 19.9 Å². The lowest BCUT2D eigenvalue weighted by molar-refractivity contribution is 0.593. The topological polar surface area (TPSA) is 50.3 Å². The second-order valence-corrected chi connectivity index (χ2v) is 7.99. The number of anilines is 1. The molecular formula is C13H15ClN2O2S2. The van der Waals surface area contributed by atoms with E-state index in [1.807, 2.05) is 25.1 Å². The zero-order valence-corrected chi connectivity index (χ0v) is 13.8. The molecule has 0 unspecified atom stereocenters. The van der Waals surface area contributed by atoms with Gasteiger partial charge in [-0.05, 0) is 38.5 Å². The van der Waals surface area contributed by atoms with Crippen LogP contribution in [0.25, 0.3) is 0 Å². The summed E-state index contributed by atoms with van der Waals surface area (Å²) in [7, 11) is -3.63. The van der Waals surface area contributed by atoms with Crippen molar-refractivity contribution in [3.8, 4) is 0 Å². The van der Waals surface area contributed by atoms with Crippen molar-refractivity contribution in [3.05, 3.63) is 40.0 Å². The van der Waals surface area contributed by atoms with Gasteiger partial charge in [-0.3, -0.25) is 4.31 Å². The molecule has 0 amide bonds. The highest BCUT2D eigenvalue weighted by molar-refractivity contribution is 7.94. The van der Waals surface area contributed by atoms with Crippen LogP contribution in [0.15, 0.2) is 28.5 Å². The van der Waals surface area contributed by atoms with Gasteiger partial charge in [0, 0.05) is 6.54 Å². The van der Waals surface area contributed by atoms with Gasteiger partial charge in [-0.2, -0.15) is 0 Å². The van der Waals surface area contributed by atoms with Gasteiger partial charge in [-0.15, -0.1) is 0 Å². The van der Waals surface area contributed by atoms with E-state index in [1.54, 1.807) is 19.9 Å². The first-order valence-corrected chi connectivity index (χ1v) is 8.72. The molecule has 20 heavy (non-hydrogen) atoms. The van der Waals surface area contributed by atoms with Gasteiger partial charge in [0.15, 0.2) is 8.68 Å². The van der Waals surface area contributed by atoms with Crippen LogP contribution in [0.3, 0.4) is 0 Å². The van der Waals surface area contributed by atoms with Gasteiger partial charge >= 0.3 is 0 Å². The molecule has 0 N–H and O–H groups in total. The number of nitrogens with zero attached hydrogens (tertiary/aromatic N) is 2. The average Bonchev–Trinajstić information content (AvgIpc) is 2.70. The quantitative estimate of drug-likeness (QED) is 0.860.